The molecule has 100 valence electrons. The zero-order valence-electron chi connectivity index (χ0n) is 10.9. The maximum Gasteiger partial charge on any atom is 0.435 e. The van der Waals surface area contributed by atoms with Gasteiger partial charge in [0.1, 0.15) is 5.75 Å². The molecule has 0 radical (unpaired) electrons. The molecule has 4 nitrogen and oxygen atoms in total. The molecule has 0 bridgehead atoms. The number of nitrogens with zero attached hydrogens (tertiary/aromatic N) is 2. The number of amides is 1. The number of benzene rings is 2. The molecule has 1 aliphatic heterocycles. The second-order valence-electron chi connectivity index (χ2n) is 4.50. The highest BCUT2D eigenvalue weighted by atomic mass is 16.6. The van der Waals surface area contributed by atoms with E-state index in [1.807, 2.05) is 42.5 Å². The minimum atomic E-state index is -0.458. The zero-order chi connectivity index (χ0) is 13.8. The van der Waals surface area contributed by atoms with Crippen molar-refractivity contribution in [3.63, 3.8) is 0 Å². The summed E-state index contributed by atoms with van der Waals surface area (Å²) in [5, 5.41) is 5.55. The number of hydrogen-bond donors (Lipinski definition) is 0. The number of carbonyl (C=O) groups is 1. The molecule has 20 heavy (non-hydrogen) atoms. The molecule has 0 unspecified atom stereocenters. The SMILES string of the molecule is O=C(Oc1ccccc1)N1CCc2ccccc2C=N1. The smallest absolute Gasteiger partial charge is 0.409 e. The Labute approximate surface area is 117 Å². The van der Waals surface area contributed by atoms with E-state index in [1.54, 1.807) is 18.3 Å². The van der Waals surface area contributed by atoms with Crippen LogP contribution in [0.4, 0.5) is 4.79 Å². The van der Waals surface area contributed by atoms with E-state index in [-0.39, 0.29) is 0 Å². The van der Waals surface area contributed by atoms with Crippen molar-refractivity contribution in [3.05, 3.63) is 65.7 Å². The number of rotatable bonds is 1. The van der Waals surface area contributed by atoms with E-state index in [4.69, 9.17) is 4.74 Å². The van der Waals surface area contributed by atoms with Crippen LogP contribution in [0.5, 0.6) is 5.75 Å². The first-order valence-electron chi connectivity index (χ1n) is 6.49. The molecule has 1 aliphatic rings. The van der Waals surface area contributed by atoms with Crippen LogP contribution in [0.25, 0.3) is 0 Å². The lowest BCUT2D eigenvalue weighted by Gasteiger charge is -2.14. The fraction of sp³-hybridized carbons (Fsp3) is 0.125. The lowest BCUT2D eigenvalue weighted by atomic mass is 10.1. The molecule has 0 saturated carbocycles. The summed E-state index contributed by atoms with van der Waals surface area (Å²) in [6.45, 7) is 0.513. The van der Waals surface area contributed by atoms with Crippen molar-refractivity contribution in [2.45, 2.75) is 6.42 Å². The molecule has 0 atom stereocenters. The largest absolute Gasteiger partial charge is 0.435 e. The Bertz CT molecular complexity index is 638. The van der Waals surface area contributed by atoms with Crippen molar-refractivity contribution in [1.82, 2.24) is 5.01 Å². The van der Waals surface area contributed by atoms with E-state index < -0.39 is 6.09 Å². The van der Waals surface area contributed by atoms with Crippen LogP contribution < -0.4 is 4.74 Å². The highest BCUT2D eigenvalue weighted by Crippen LogP contribution is 2.14. The molecule has 0 spiro atoms. The average molecular weight is 266 g/mol. The van der Waals surface area contributed by atoms with E-state index >= 15 is 0 Å². The summed E-state index contributed by atoms with van der Waals surface area (Å²) in [6.07, 6.45) is 2.01. The normalized spacial score (nSPS) is 13.5. The molecule has 0 aliphatic carbocycles. The molecule has 3 rings (SSSR count). The van der Waals surface area contributed by atoms with Crippen LogP contribution >= 0.6 is 0 Å². The van der Waals surface area contributed by atoms with E-state index in [0.717, 1.165) is 12.0 Å². The monoisotopic (exact) mass is 266 g/mol. The minimum Gasteiger partial charge on any atom is -0.409 e. The number of hydrazone groups is 1. The molecule has 4 heteroatoms. The summed E-state index contributed by atoms with van der Waals surface area (Å²) in [6, 6.07) is 17.0. The van der Waals surface area contributed by atoms with Gasteiger partial charge in [-0.25, -0.2) is 4.79 Å². The fourth-order valence-electron chi connectivity index (χ4n) is 2.08. The third-order valence-electron chi connectivity index (χ3n) is 3.14. The molecular weight excluding hydrogens is 252 g/mol. The molecule has 1 heterocycles. The molecular formula is C16H14N2O2. The number of para-hydroxylation sites is 1. The van der Waals surface area contributed by atoms with Crippen LogP contribution in [0.2, 0.25) is 0 Å². The Kier molecular flexibility index (Phi) is 3.46. The molecule has 0 saturated heterocycles. The summed E-state index contributed by atoms with van der Waals surface area (Å²) in [5.41, 5.74) is 2.23. The van der Waals surface area contributed by atoms with Crippen molar-refractivity contribution in [2.75, 3.05) is 6.54 Å². The summed E-state index contributed by atoms with van der Waals surface area (Å²) in [7, 11) is 0. The van der Waals surface area contributed by atoms with Crippen LogP contribution in [0.3, 0.4) is 0 Å². The fourth-order valence-corrected chi connectivity index (χ4v) is 2.08. The number of ether oxygens (including phenoxy) is 1. The van der Waals surface area contributed by atoms with Crippen molar-refractivity contribution in [1.29, 1.82) is 0 Å². The van der Waals surface area contributed by atoms with Crippen molar-refractivity contribution >= 4 is 12.3 Å². The van der Waals surface area contributed by atoms with Gasteiger partial charge in [0.05, 0.1) is 12.8 Å². The van der Waals surface area contributed by atoms with E-state index in [9.17, 15) is 4.79 Å². The number of carbonyl (C=O) groups excluding carboxylic acids is 1. The van der Waals surface area contributed by atoms with Crippen LogP contribution in [-0.4, -0.2) is 23.9 Å². The lowest BCUT2D eigenvalue weighted by Crippen LogP contribution is -2.30. The molecule has 2 aromatic carbocycles. The van der Waals surface area contributed by atoms with Crippen molar-refractivity contribution in [2.24, 2.45) is 5.10 Å². The van der Waals surface area contributed by atoms with Crippen molar-refractivity contribution < 1.29 is 9.53 Å². The maximum atomic E-state index is 12.1. The van der Waals surface area contributed by atoms with Crippen LogP contribution in [-0.2, 0) is 6.42 Å². The first-order chi connectivity index (χ1) is 9.83. The van der Waals surface area contributed by atoms with Gasteiger partial charge < -0.3 is 4.74 Å². The summed E-state index contributed by atoms with van der Waals surface area (Å²) in [5.74, 6) is 0.523. The van der Waals surface area contributed by atoms with Gasteiger partial charge in [0, 0.05) is 0 Å². The van der Waals surface area contributed by atoms with E-state index in [2.05, 4.69) is 5.10 Å². The Hall–Kier alpha value is -2.62. The molecule has 2 aromatic rings. The number of fused-ring (bicyclic) bond motifs is 1. The van der Waals surface area contributed by atoms with Crippen LogP contribution in [0.1, 0.15) is 11.1 Å². The molecule has 0 fully saturated rings. The molecule has 1 amide bonds. The Morgan fingerprint density at radius 2 is 1.80 bits per heavy atom. The van der Waals surface area contributed by atoms with Gasteiger partial charge in [-0.2, -0.15) is 10.1 Å². The van der Waals surface area contributed by atoms with Gasteiger partial charge in [0.15, 0.2) is 0 Å². The lowest BCUT2D eigenvalue weighted by molar-refractivity contribution is 0.155. The first kappa shape index (κ1) is 12.4. The highest BCUT2D eigenvalue weighted by molar-refractivity contribution is 5.83. The predicted molar refractivity (Wildman–Crippen MR) is 76.9 cm³/mol. The highest BCUT2D eigenvalue weighted by Gasteiger charge is 2.17. The molecule has 0 aromatic heterocycles. The summed E-state index contributed by atoms with van der Waals surface area (Å²) < 4.78 is 5.28. The molecule has 0 N–H and O–H groups in total. The van der Waals surface area contributed by atoms with E-state index in [0.29, 0.717) is 12.3 Å². The quantitative estimate of drug-likeness (QED) is 0.796. The van der Waals surface area contributed by atoms with E-state index in [1.165, 1.54) is 10.6 Å². The van der Waals surface area contributed by atoms with Crippen LogP contribution in [0.15, 0.2) is 59.7 Å². The average Bonchev–Trinajstić information content (AvgIpc) is 2.71. The van der Waals surface area contributed by atoms with Gasteiger partial charge in [0.2, 0.25) is 0 Å². The van der Waals surface area contributed by atoms with Gasteiger partial charge >= 0.3 is 6.09 Å². The Morgan fingerprint density at radius 3 is 2.65 bits per heavy atom. The standard InChI is InChI=1S/C16H14N2O2/c19-16(20-15-8-2-1-3-9-15)18-11-10-13-6-4-5-7-14(13)12-17-18/h1-9,12H,10-11H2. The van der Waals surface area contributed by atoms with Crippen LogP contribution in [0, 0.1) is 0 Å². The van der Waals surface area contributed by atoms with Gasteiger partial charge in [-0.1, -0.05) is 42.5 Å². The Balaban J connectivity index is 1.72. The number of hydrogen-bond acceptors (Lipinski definition) is 3. The summed E-state index contributed by atoms with van der Waals surface area (Å²) >= 11 is 0. The second-order valence-corrected chi connectivity index (χ2v) is 4.50. The Morgan fingerprint density at radius 1 is 1.05 bits per heavy atom. The third-order valence-corrected chi connectivity index (χ3v) is 3.14. The van der Waals surface area contributed by atoms with Gasteiger partial charge in [-0.3, -0.25) is 0 Å². The zero-order valence-corrected chi connectivity index (χ0v) is 10.9. The maximum absolute atomic E-state index is 12.1. The van der Waals surface area contributed by atoms with Crippen molar-refractivity contribution in [3.8, 4) is 5.75 Å². The van der Waals surface area contributed by atoms with Gasteiger partial charge in [-0.15, -0.1) is 0 Å². The minimum absolute atomic E-state index is 0.458. The van der Waals surface area contributed by atoms with Gasteiger partial charge in [0.25, 0.3) is 0 Å². The predicted octanol–water partition coefficient (Wildman–Crippen LogP) is 3.08. The summed E-state index contributed by atoms with van der Waals surface area (Å²) in [4.78, 5) is 12.1. The topological polar surface area (TPSA) is 41.9 Å². The third kappa shape index (κ3) is 2.69. The second kappa shape index (κ2) is 5.57. The first-order valence-corrected chi connectivity index (χ1v) is 6.49. The van der Waals surface area contributed by atoms with Gasteiger partial charge in [-0.05, 0) is 29.7 Å².